The van der Waals surface area contributed by atoms with Crippen molar-refractivity contribution in [3.63, 3.8) is 0 Å². The Kier molecular flexibility index (Phi) is 2.26. The van der Waals surface area contributed by atoms with Gasteiger partial charge in [0.2, 0.25) is 6.79 Å². The molecule has 2 N–H and O–H groups in total. The molecule has 2 heterocycles. The van der Waals surface area contributed by atoms with Gasteiger partial charge in [0.25, 0.3) is 0 Å². The van der Waals surface area contributed by atoms with E-state index in [9.17, 15) is 0 Å². The molecule has 2 atom stereocenters. The molecule has 3 rings (SSSR count). The second-order valence-corrected chi connectivity index (χ2v) is 4.60. The number of hydrogen-bond acceptors (Lipinski definition) is 4. The average Bonchev–Trinajstić information content (AvgIpc) is 2.83. The predicted octanol–water partition coefficient (Wildman–Crippen LogP) is 0.772. The summed E-state index contributed by atoms with van der Waals surface area (Å²) in [5.74, 6) is 2.09. The highest BCUT2D eigenvalue weighted by Crippen LogP contribution is 2.36. The van der Waals surface area contributed by atoms with Gasteiger partial charge in [0.15, 0.2) is 11.5 Å². The van der Waals surface area contributed by atoms with Crippen LogP contribution in [0, 0.1) is 0 Å². The van der Waals surface area contributed by atoms with E-state index in [4.69, 9.17) is 15.2 Å². The van der Waals surface area contributed by atoms with Crippen LogP contribution in [0.3, 0.4) is 0 Å². The molecule has 1 aromatic rings. The number of benzene rings is 1. The first-order valence-electron chi connectivity index (χ1n) is 5.58. The van der Waals surface area contributed by atoms with Gasteiger partial charge in [-0.05, 0) is 24.7 Å². The Morgan fingerprint density at radius 1 is 1.25 bits per heavy atom. The van der Waals surface area contributed by atoms with Gasteiger partial charge in [0.05, 0.1) is 0 Å². The molecule has 1 fully saturated rings. The lowest BCUT2D eigenvalue weighted by molar-refractivity contribution is 0.174. The molecular weight excluding hydrogens is 204 g/mol. The Morgan fingerprint density at radius 3 is 2.81 bits per heavy atom. The van der Waals surface area contributed by atoms with Gasteiger partial charge >= 0.3 is 0 Å². The number of hydrogen-bond donors (Lipinski definition) is 1. The van der Waals surface area contributed by atoms with E-state index in [1.807, 2.05) is 6.07 Å². The first-order valence-corrected chi connectivity index (χ1v) is 5.58. The molecule has 1 aromatic carbocycles. The topological polar surface area (TPSA) is 47.7 Å². The molecule has 4 nitrogen and oxygen atoms in total. The van der Waals surface area contributed by atoms with Crippen molar-refractivity contribution < 1.29 is 9.47 Å². The fourth-order valence-corrected chi connectivity index (χ4v) is 2.53. The van der Waals surface area contributed by atoms with E-state index in [0.29, 0.717) is 12.7 Å². The minimum absolute atomic E-state index is 0.213. The summed E-state index contributed by atoms with van der Waals surface area (Å²) in [6.07, 6.45) is 0. The number of likely N-dealkylation sites (N-methyl/N-ethyl adjacent to an activating group) is 1. The number of nitrogens with zero attached hydrogens (tertiary/aromatic N) is 1. The van der Waals surface area contributed by atoms with Gasteiger partial charge in [-0.25, -0.2) is 0 Å². The summed E-state index contributed by atoms with van der Waals surface area (Å²) in [6.45, 7) is 2.30. The Labute approximate surface area is 94.9 Å². The standard InChI is InChI=1S/C12H16N2O2/c1-14-5-9(10(13)6-14)8-2-3-11-12(4-8)16-7-15-11/h2-4,9-10H,5-7,13H2,1H3/t9-,10+/m1/s1. The Hall–Kier alpha value is -1.26. The third-order valence-corrected chi connectivity index (χ3v) is 3.37. The largest absolute Gasteiger partial charge is 0.454 e. The lowest BCUT2D eigenvalue weighted by Crippen LogP contribution is -2.27. The molecule has 0 radical (unpaired) electrons. The van der Waals surface area contributed by atoms with E-state index >= 15 is 0 Å². The van der Waals surface area contributed by atoms with Gasteiger partial charge in [-0.15, -0.1) is 0 Å². The van der Waals surface area contributed by atoms with Crippen molar-refractivity contribution in [2.24, 2.45) is 5.73 Å². The van der Waals surface area contributed by atoms with Gasteiger partial charge in [0, 0.05) is 25.0 Å². The van der Waals surface area contributed by atoms with Crippen molar-refractivity contribution in [1.29, 1.82) is 0 Å². The molecule has 2 aliphatic heterocycles. The van der Waals surface area contributed by atoms with Gasteiger partial charge in [-0.1, -0.05) is 6.07 Å². The monoisotopic (exact) mass is 220 g/mol. The van der Waals surface area contributed by atoms with E-state index in [1.54, 1.807) is 0 Å². The second kappa shape index (κ2) is 3.64. The van der Waals surface area contributed by atoms with Crippen LogP contribution < -0.4 is 15.2 Å². The number of likely N-dealkylation sites (tertiary alicyclic amines) is 1. The van der Waals surface area contributed by atoms with Crippen LogP contribution in [-0.2, 0) is 0 Å². The van der Waals surface area contributed by atoms with Gasteiger partial charge < -0.3 is 20.1 Å². The lowest BCUT2D eigenvalue weighted by atomic mass is 9.94. The van der Waals surface area contributed by atoms with E-state index in [2.05, 4.69) is 24.1 Å². The molecule has 0 amide bonds. The fraction of sp³-hybridized carbons (Fsp3) is 0.500. The van der Waals surface area contributed by atoms with Gasteiger partial charge in [-0.2, -0.15) is 0 Å². The number of rotatable bonds is 1. The van der Waals surface area contributed by atoms with Crippen LogP contribution in [0.5, 0.6) is 11.5 Å². The Balaban J connectivity index is 1.89. The van der Waals surface area contributed by atoms with Crippen molar-refractivity contribution in [3.8, 4) is 11.5 Å². The molecule has 0 aliphatic carbocycles. The SMILES string of the molecule is CN1C[C@H](c2ccc3c(c2)OCO3)[C@@H](N)C1. The molecule has 0 aromatic heterocycles. The molecule has 0 unspecified atom stereocenters. The fourth-order valence-electron chi connectivity index (χ4n) is 2.53. The van der Waals surface area contributed by atoms with Crippen LogP contribution in [0.2, 0.25) is 0 Å². The average molecular weight is 220 g/mol. The second-order valence-electron chi connectivity index (χ2n) is 4.60. The summed E-state index contributed by atoms with van der Waals surface area (Å²) in [6, 6.07) is 6.34. The summed E-state index contributed by atoms with van der Waals surface area (Å²) in [5.41, 5.74) is 7.38. The molecule has 0 bridgehead atoms. The molecule has 0 spiro atoms. The molecule has 2 aliphatic rings. The van der Waals surface area contributed by atoms with Crippen LogP contribution in [-0.4, -0.2) is 37.9 Å². The van der Waals surface area contributed by atoms with Crippen molar-refractivity contribution in [3.05, 3.63) is 23.8 Å². The number of fused-ring (bicyclic) bond motifs is 1. The highest BCUT2D eigenvalue weighted by Gasteiger charge is 2.30. The summed E-state index contributed by atoms with van der Waals surface area (Å²) in [7, 11) is 2.10. The Morgan fingerprint density at radius 2 is 2.06 bits per heavy atom. The van der Waals surface area contributed by atoms with Crippen LogP contribution in [0.4, 0.5) is 0 Å². The van der Waals surface area contributed by atoms with E-state index in [1.165, 1.54) is 5.56 Å². The van der Waals surface area contributed by atoms with Crippen molar-refractivity contribution in [2.75, 3.05) is 26.9 Å². The molecule has 0 saturated carbocycles. The first-order chi connectivity index (χ1) is 7.74. The zero-order chi connectivity index (χ0) is 11.1. The van der Waals surface area contributed by atoms with Crippen LogP contribution in [0.1, 0.15) is 11.5 Å². The van der Waals surface area contributed by atoms with Crippen LogP contribution in [0.15, 0.2) is 18.2 Å². The summed E-state index contributed by atoms with van der Waals surface area (Å²) >= 11 is 0. The van der Waals surface area contributed by atoms with E-state index in [-0.39, 0.29) is 6.04 Å². The van der Waals surface area contributed by atoms with Crippen LogP contribution >= 0.6 is 0 Å². The summed E-state index contributed by atoms with van der Waals surface area (Å²) in [4.78, 5) is 2.26. The van der Waals surface area contributed by atoms with Gasteiger partial charge in [0.1, 0.15) is 0 Å². The summed E-state index contributed by atoms with van der Waals surface area (Å²) in [5, 5.41) is 0. The van der Waals surface area contributed by atoms with Crippen molar-refractivity contribution in [2.45, 2.75) is 12.0 Å². The van der Waals surface area contributed by atoms with Crippen molar-refractivity contribution in [1.82, 2.24) is 4.90 Å². The first kappa shape index (κ1) is 9.93. The third kappa shape index (κ3) is 1.54. The maximum atomic E-state index is 6.13. The highest BCUT2D eigenvalue weighted by atomic mass is 16.7. The zero-order valence-corrected chi connectivity index (χ0v) is 9.35. The molecule has 86 valence electrons. The summed E-state index contributed by atoms with van der Waals surface area (Å²) < 4.78 is 10.7. The zero-order valence-electron chi connectivity index (χ0n) is 9.35. The minimum atomic E-state index is 0.213. The minimum Gasteiger partial charge on any atom is -0.454 e. The maximum Gasteiger partial charge on any atom is 0.231 e. The lowest BCUT2D eigenvalue weighted by Gasteiger charge is -2.14. The van der Waals surface area contributed by atoms with Gasteiger partial charge in [-0.3, -0.25) is 0 Å². The van der Waals surface area contributed by atoms with E-state index < -0.39 is 0 Å². The normalized spacial score (nSPS) is 28.6. The van der Waals surface area contributed by atoms with Crippen LogP contribution in [0.25, 0.3) is 0 Å². The third-order valence-electron chi connectivity index (χ3n) is 3.37. The molecular formula is C12H16N2O2. The number of nitrogens with two attached hydrogens (primary N) is 1. The predicted molar refractivity (Wildman–Crippen MR) is 60.8 cm³/mol. The highest BCUT2D eigenvalue weighted by molar-refractivity contribution is 5.46. The molecule has 16 heavy (non-hydrogen) atoms. The van der Waals surface area contributed by atoms with Crippen molar-refractivity contribution >= 4 is 0 Å². The molecule has 1 saturated heterocycles. The quantitative estimate of drug-likeness (QED) is 0.759. The molecule has 4 heteroatoms. The smallest absolute Gasteiger partial charge is 0.231 e. The van der Waals surface area contributed by atoms with E-state index in [0.717, 1.165) is 24.6 Å². The maximum absolute atomic E-state index is 6.13. The Bertz CT molecular complexity index is 408. The number of ether oxygens (including phenoxy) is 2.